The second kappa shape index (κ2) is 8.28. The smallest absolute Gasteiger partial charge is 0.149 e. The first kappa shape index (κ1) is 21.4. The quantitative estimate of drug-likeness (QED) is 0.265. The predicted octanol–water partition coefficient (Wildman–Crippen LogP) is 8.85. The van der Waals surface area contributed by atoms with Gasteiger partial charge in [0.05, 0.1) is 16.6 Å². The van der Waals surface area contributed by atoms with E-state index in [-0.39, 0.29) is 0 Å². The molecule has 3 nitrogen and oxygen atoms in total. The van der Waals surface area contributed by atoms with Crippen molar-refractivity contribution in [1.82, 2.24) is 9.55 Å². The van der Waals surface area contributed by atoms with Crippen LogP contribution < -0.4 is 0 Å². The van der Waals surface area contributed by atoms with Gasteiger partial charge in [0.15, 0.2) is 0 Å². The van der Waals surface area contributed by atoms with Gasteiger partial charge in [-0.3, -0.25) is 4.57 Å². The third-order valence-electron chi connectivity index (χ3n) is 6.90. The summed E-state index contributed by atoms with van der Waals surface area (Å²) in [6, 6.07) is 30.0. The lowest BCUT2D eigenvalue weighted by Crippen LogP contribution is -2.00. The van der Waals surface area contributed by atoms with E-state index in [0.717, 1.165) is 39.1 Å². The highest BCUT2D eigenvalue weighted by Crippen LogP contribution is 2.37. The second-order valence-corrected chi connectivity index (χ2v) is 9.64. The van der Waals surface area contributed by atoms with Crippen LogP contribution in [0.25, 0.3) is 50.2 Å². The van der Waals surface area contributed by atoms with E-state index >= 15 is 0 Å². The summed E-state index contributed by atoms with van der Waals surface area (Å²) in [5.41, 5.74) is 11.4. The third kappa shape index (κ3) is 3.55. The number of aromatic nitrogens is 2. The molecule has 0 aliphatic rings. The number of hydrogen-bond donors (Lipinski definition) is 0. The molecule has 2 heterocycles. The van der Waals surface area contributed by atoms with Crippen molar-refractivity contribution >= 4 is 22.0 Å². The van der Waals surface area contributed by atoms with Crippen molar-refractivity contribution in [2.75, 3.05) is 0 Å². The maximum absolute atomic E-state index is 6.00. The first-order valence-electron chi connectivity index (χ1n) is 12.2. The summed E-state index contributed by atoms with van der Waals surface area (Å²) in [7, 11) is 0. The number of aryl methyl sites for hydroxylation is 2. The van der Waals surface area contributed by atoms with Crippen LogP contribution in [0.1, 0.15) is 36.5 Å². The molecule has 0 amide bonds. The summed E-state index contributed by atoms with van der Waals surface area (Å²) in [5, 5.41) is 1.10. The molecule has 0 N–H and O–H groups in total. The Morgan fingerprint density at radius 1 is 0.800 bits per heavy atom. The maximum Gasteiger partial charge on any atom is 0.149 e. The van der Waals surface area contributed by atoms with E-state index < -0.39 is 0 Å². The minimum absolute atomic E-state index is 0.441. The van der Waals surface area contributed by atoms with Gasteiger partial charge >= 0.3 is 0 Å². The SMILES string of the molecule is Cc1cc(-n2c(-c3coc4ccc(C(C)C)cc34)nc3ccccc32)cc(C)c1-c1ccccc1. The molecular weight excluding hydrogens is 428 g/mol. The first-order valence-corrected chi connectivity index (χ1v) is 12.2. The Kier molecular flexibility index (Phi) is 5.07. The van der Waals surface area contributed by atoms with E-state index in [2.05, 4.69) is 111 Å². The minimum atomic E-state index is 0.441. The van der Waals surface area contributed by atoms with Crippen molar-refractivity contribution < 1.29 is 4.42 Å². The molecule has 0 aliphatic carbocycles. The molecule has 3 heteroatoms. The molecule has 0 fully saturated rings. The van der Waals surface area contributed by atoms with Crippen LogP contribution in [0.5, 0.6) is 0 Å². The van der Waals surface area contributed by atoms with Crippen LogP contribution in [-0.4, -0.2) is 9.55 Å². The largest absolute Gasteiger partial charge is 0.464 e. The van der Waals surface area contributed by atoms with Crippen molar-refractivity contribution in [1.29, 1.82) is 0 Å². The molecule has 6 aromatic rings. The number of benzene rings is 4. The van der Waals surface area contributed by atoms with Crippen molar-refractivity contribution in [2.24, 2.45) is 0 Å². The lowest BCUT2D eigenvalue weighted by Gasteiger charge is -2.16. The van der Waals surface area contributed by atoms with Gasteiger partial charge in [0.2, 0.25) is 0 Å². The number of hydrogen-bond acceptors (Lipinski definition) is 2. The molecule has 4 aromatic carbocycles. The van der Waals surface area contributed by atoms with E-state index in [4.69, 9.17) is 9.40 Å². The zero-order valence-corrected chi connectivity index (χ0v) is 20.5. The van der Waals surface area contributed by atoms with Crippen LogP contribution in [0.3, 0.4) is 0 Å². The molecule has 0 bridgehead atoms. The number of furan rings is 1. The van der Waals surface area contributed by atoms with Gasteiger partial charge in [0.25, 0.3) is 0 Å². The van der Waals surface area contributed by atoms with Gasteiger partial charge in [-0.25, -0.2) is 4.98 Å². The standard InChI is InChI=1S/C32H28N2O/c1-20(2)24-14-15-30-26(18-24)27(19-35-30)32-33-28-12-8-9-13-29(28)34(32)25-16-21(3)31(22(4)17-25)23-10-6-5-7-11-23/h5-20H,1-4H3. The fraction of sp³-hybridized carbons (Fsp3) is 0.156. The van der Waals surface area contributed by atoms with E-state index in [0.29, 0.717) is 5.92 Å². The van der Waals surface area contributed by atoms with E-state index in [1.165, 1.54) is 27.8 Å². The van der Waals surface area contributed by atoms with E-state index in [1.807, 2.05) is 12.3 Å². The molecule has 0 saturated carbocycles. The summed E-state index contributed by atoms with van der Waals surface area (Å²) < 4.78 is 8.27. The summed E-state index contributed by atoms with van der Waals surface area (Å²) in [5.74, 6) is 1.34. The predicted molar refractivity (Wildman–Crippen MR) is 145 cm³/mol. The number of rotatable bonds is 4. The van der Waals surface area contributed by atoms with Gasteiger partial charge in [-0.15, -0.1) is 0 Å². The zero-order valence-electron chi connectivity index (χ0n) is 20.5. The molecule has 0 saturated heterocycles. The van der Waals surface area contributed by atoms with Crippen LogP contribution >= 0.6 is 0 Å². The van der Waals surface area contributed by atoms with Crippen LogP contribution in [0.2, 0.25) is 0 Å². The average molecular weight is 457 g/mol. The Hall–Kier alpha value is -4.11. The van der Waals surface area contributed by atoms with Gasteiger partial charge < -0.3 is 4.42 Å². The van der Waals surface area contributed by atoms with Gasteiger partial charge in [-0.2, -0.15) is 0 Å². The number of para-hydroxylation sites is 2. The Balaban J connectivity index is 1.61. The first-order chi connectivity index (χ1) is 17.0. The molecule has 172 valence electrons. The van der Waals surface area contributed by atoms with Crippen molar-refractivity contribution in [2.45, 2.75) is 33.6 Å². The Morgan fingerprint density at radius 2 is 1.51 bits per heavy atom. The van der Waals surface area contributed by atoms with Crippen LogP contribution in [0.15, 0.2) is 95.6 Å². The third-order valence-corrected chi connectivity index (χ3v) is 6.90. The molecule has 6 rings (SSSR count). The summed E-state index contributed by atoms with van der Waals surface area (Å²) >= 11 is 0. The summed E-state index contributed by atoms with van der Waals surface area (Å²) in [6.45, 7) is 8.82. The van der Waals surface area contributed by atoms with Gasteiger partial charge in [0.1, 0.15) is 17.7 Å². The second-order valence-electron chi connectivity index (χ2n) is 9.64. The molecule has 2 aromatic heterocycles. The zero-order chi connectivity index (χ0) is 24.1. The molecule has 0 radical (unpaired) electrons. The van der Waals surface area contributed by atoms with Gasteiger partial charge in [-0.1, -0.05) is 62.4 Å². The highest BCUT2D eigenvalue weighted by molar-refractivity contribution is 5.96. The van der Waals surface area contributed by atoms with E-state index in [9.17, 15) is 0 Å². The van der Waals surface area contributed by atoms with Crippen LogP contribution in [0.4, 0.5) is 0 Å². The fourth-order valence-corrected chi connectivity index (χ4v) is 5.18. The van der Waals surface area contributed by atoms with Crippen LogP contribution in [0, 0.1) is 13.8 Å². The molecule has 35 heavy (non-hydrogen) atoms. The summed E-state index contributed by atoms with van der Waals surface area (Å²) in [4.78, 5) is 5.10. The molecule has 0 spiro atoms. The maximum atomic E-state index is 6.00. The van der Waals surface area contributed by atoms with Crippen molar-refractivity contribution in [3.63, 3.8) is 0 Å². The summed E-state index contributed by atoms with van der Waals surface area (Å²) in [6.07, 6.45) is 1.85. The van der Waals surface area contributed by atoms with Crippen molar-refractivity contribution in [3.8, 4) is 28.2 Å². The van der Waals surface area contributed by atoms with Crippen molar-refractivity contribution in [3.05, 3.63) is 108 Å². The normalized spacial score (nSPS) is 11.7. The number of imidazole rings is 1. The highest BCUT2D eigenvalue weighted by Gasteiger charge is 2.20. The highest BCUT2D eigenvalue weighted by atomic mass is 16.3. The lowest BCUT2D eigenvalue weighted by atomic mass is 9.95. The topological polar surface area (TPSA) is 31.0 Å². The van der Waals surface area contributed by atoms with Gasteiger partial charge in [-0.05, 0) is 84.0 Å². The van der Waals surface area contributed by atoms with E-state index in [1.54, 1.807) is 0 Å². The van der Waals surface area contributed by atoms with Gasteiger partial charge in [0, 0.05) is 11.1 Å². The Labute approximate surface area is 205 Å². The minimum Gasteiger partial charge on any atom is -0.464 e. The molecule has 0 unspecified atom stereocenters. The Morgan fingerprint density at radius 3 is 2.26 bits per heavy atom. The fourth-order valence-electron chi connectivity index (χ4n) is 5.18. The molecule has 0 aliphatic heterocycles. The molecular formula is C32H28N2O. The lowest BCUT2D eigenvalue weighted by molar-refractivity contribution is 0.616. The monoisotopic (exact) mass is 456 g/mol. The Bertz CT molecular complexity index is 1660. The number of fused-ring (bicyclic) bond motifs is 2. The average Bonchev–Trinajstić information content (AvgIpc) is 3.45. The van der Waals surface area contributed by atoms with Crippen LogP contribution in [-0.2, 0) is 0 Å². The number of nitrogens with zero attached hydrogens (tertiary/aromatic N) is 2. The molecule has 0 atom stereocenters.